The minimum atomic E-state index is -0.200. The highest BCUT2D eigenvalue weighted by Gasteiger charge is 2.30. The average Bonchev–Trinajstić information content (AvgIpc) is 2.69. The van der Waals surface area contributed by atoms with Gasteiger partial charge in [-0.2, -0.15) is 0 Å². The topological polar surface area (TPSA) is 0 Å². The minimum Gasteiger partial charge on any atom is -0.251 e. The summed E-state index contributed by atoms with van der Waals surface area (Å²) in [6.45, 7) is 2.10. The van der Waals surface area contributed by atoms with E-state index in [9.17, 15) is 4.39 Å². The first-order valence-electron chi connectivity index (χ1n) is 12.1. The molecular weight excluding hydrogens is 319 g/mol. The van der Waals surface area contributed by atoms with Gasteiger partial charge in [0.2, 0.25) is 0 Å². The maximum Gasteiger partial charge on any atom is 0.0928 e. The molecule has 0 N–H and O–H groups in total. The standard InChI is InChI=1S/C25H45F/c1-2-3-4-5-6-7-8-11-22-13-17-24(18-14-22)25-19-15-23(16-20-25)12-9-10-21-26/h9,12,22-25H,2-8,10-11,13-21H2,1H3/b12-9+/t22?,23-,24?,25-. The molecule has 152 valence electrons. The molecule has 0 bridgehead atoms. The van der Waals surface area contributed by atoms with Crippen molar-refractivity contribution in [2.24, 2.45) is 23.7 Å². The fourth-order valence-corrected chi connectivity index (χ4v) is 5.50. The molecule has 0 heterocycles. The van der Waals surface area contributed by atoms with E-state index in [1.807, 2.05) is 0 Å². The summed E-state index contributed by atoms with van der Waals surface area (Å²) in [5.41, 5.74) is 0. The summed E-state index contributed by atoms with van der Waals surface area (Å²) in [5.74, 6) is 3.81. The zero-order valence-electron chi connectivity index (χ0n) is 17.6. The second kappa shape index (κ2) is 13.8. The van der Waals surface area contributed by atoms with E-state index in [4.69, 9.17) is 0 Å². The first-order chi connectivity index (χ1) is 12.8. The van der Waals surface area contributed by atoms with Gasteiger partial charge in [-0.1, -0.05) is 83.3 Å². The van der Waals surface area contributed by atoms with Gasteiger partial charge in [-0.3, -0.25) is 4.39 Å². The highest BCUT2D eigenvalue weighted by atomic mass is 19.1. The Bertz CT molecular complexity index is 345. The molecule has 0 saturated heterocycles. The Labute approximate surface area is 163 Å². The van der Waals surface area contributed by atoms with Gasteiger partial charge in [-0.05, 0) is 68.6 Å². The predicted molar refractivity (Wildman–Crippen MR) is 113 cm³/mol. The van der Waals surface area contributed by atoms with E-state index in [2.05, 4.69) is 19.1 Å². The van der Waals surface area contributed by atoms with E-state index < -0.39 is 0 Å². The van der Waals surface area contributed by atoms with Crippen molar-refractivity contribution in [3.8, 4) is 0 Å². The van der Waals surface area contributed by atoms with Crippen molar-refractivity contribution in [1.29, 1.82) is 0 Å². The molecule has 0 aliphatic heterocycles. The van der Waals surface area contributed by atoms with Crippen molar-refractivity contribution in [1.82, 2.24) is 0 Å². The zero-order chi connectivity index (χ0) is 18.5. The van der Waals surface area contributed by atoms with E-state index in [0.29, 0.717) is 6.42 Å². The highest BCUT2D eigenvalue weighted by molar-refractivity contribution is 4.92. The molecule has 2 saturated carbocycles. The van der Waals surface area contributed by atoms with Crippen molar-refractivity contribution in [3.63, 3.8) is 0 Å². The van der Waals surface area contributed by atoms with E-state index in [1.165, 1.54) is 103 Å². The fourth-order valence-electron chi connectivity index (χ4n) is 5.50. The van der Waals surface area contributed by atoms with E-state index in [-0.39, 0.29) is 6.67 Å². The molecule has 0 aromatic rings. The molecule has 0 amide bonds. The maximum absolute atomic E-state index is 12.2. The lowest BCUT2D eigenvalue weighted by atomic mass is 9.68. The van der Waals surface area contributed by atoms with Crippen LogP contribution in [0.2, 0.25) is 0 Å². The van der Waals surface area contributed by atoms with Gasteiger partial charge < -0.3 is 0 Å². The van der Waals surface area contributed by atoms with E-state index in [1.54, 1.807) is 0 Å². The maximum atomic E-state index is 12.2. The summed E-state index contributed by atoms with van der Waals surface area (Å²) in [6, 6.07) is 0. The Hall–Kier alpha value is -0.330. The quantitative estimate of drug-likeness (QED) is 0.240. The SMILES string of the molecule is CCCCCCCCCC1CCC([C@H]2CC[C@H](/C=C/CCF)CC2)CC1. The number of hydrogen-bond donors (Lipinski definition) is 0. The molecule has 0 atom stereocenters. The first kappa shape index (κ1) is 22.0. The van der Waals surface area contributed by atoms with Gasteiger partial charge in [0.05, 0.1) is 6.67 Å². The van der Waals surface area contributed by atoms with Gasteiger partial charge in [-0.25, -0.2) is 0 Å². The van der Waals surface area contributed by atoms with Crippen molar-refractivity contribution in [2.75, 3.05) is 6.67 Å². The lowest BCUT2D eigenvalue weighted by Crippen LogP contribution is -2.25. The molecule has 0 nitrogen and oxygen atoms in total. The molecule has 2 aliphatic carbocycles. The molecule has 2 fully saturated rings. The zero-order valence-corrected chi connectivity index (χ0v) is 17.6. The van der Waals surface area contributed by atoms with Crippen LogP contribution in [0, 0.1) is 23.7 Å². The summed E-state index contributed by atoms with van der Waals surface area (Å²) < 4.78 is 12.2. The van der Waals surface area contributed by atoms with Gasteiger partial charge in [0.1, 0.15) is 0 Å². The van der Waals surface area contributed by atoms with Crippen LogP contribution in [0.15, 0.2) is 12.2 Å². The van der Waals surface area contributed by atoms with Gasteiger partial charge in [0, 0.05) is 0 Å². The molecule has 0 radical (unpaired) electrons. The van der Waals surface area contributed by atoms with Crippen LogP contribution < -0.4 is 0 Å². The summed E-state index contributed by atoms with van der Waals surface area (Å²) in [6.07, 6.45) is 28.2. The summed E-state index contributed by atoms with van der Waals surface area (Å²) in [7, 11) is 0. The number of unbranched alkanes of at least 4 members (excludes halogenated alkanes) is 6. The Morgan fingerprint density at radius 2 is 1.31 bits per heavy atom. The Morgan fingerprint density at radius 1 is 0.731 bits per heavy atom. The third-order valence-electron chi connectivity index (χ3n) is 7.27. The van der Waals surface area contributed by atoms with Gasteiger partial charge >= 0.3 is 0 Å². The van der Waals surface area contributed by atoms with Crippen LogP contribution in [-0.4, -0.2) is 6.67 Å². The number of allylic oxidation sites excluding steroid dienone is 2. The largest absolute Gasteiger partial charge is 0.251 e. The van der Waals surface area contributed by atoms with Crippen molar-refractivity contribution < 1.29 is 4.39 Å². The van der Waals surface area contributed by atoms with Crippen LogP contribution in [0.1, 0.15) is 116 Å². The van der Waals surface area contributed by atoms with Crippen LogP contribution >= 0.6 is 0 Å². The molecule has 0 aromatic carbocycles. The lowest BCUT2D eigenvalue weighted by molar-refractivity contribution is 0.151. The van der Waals surface area contributed by atoms with Crippen molar-refractivity contribution in [3.05, 3.63) is 12.2 Å². The number of halogens is 1. The van der Waals surface area contributed by atoms with Crippen LogP contribution in [0.5, 0.6) is 0 Å². The molecule has 0 spiro atoms. The molecule has 2 rings (SSSR count). The van der Waals surface area contributed by atoms with Crippen molar-refractivity contribution in [2.45, 2.75) is 116 Å². The minimum absolute atomic E-state index is 0.200. The fraction of sp³-hybridized carbons (Fsp3) is 0.920. The summed E-state index contributed by atoms with van der Waals surface area (Å²) in [5, 5.41) is 0. The number of alkyl halides is 1. The summed E-state index contributed by atoms with van der Waals surface area (Å²) in [4.78, 5) is 0. The van der Waals surface area contributed by atoms with E-state index in [0.717, 1.165) is 23.7 Å². The predicted octanol–water partition coefficient (Wildman–Crippen LogP) is 8.66. The lowest BCUT2D eigenvalue weighted by Gasteiger charge is -2.37. The van der Waals surface area contributed by atoms with Gasteiger partial charge in [-0.15, -0.1) is 0 Å². The van der Waals surface area contributed by atoms with Gasteiger partial charge in [0.25, 0.3) is 0 Å². The van der Waals surface area contributed by atoms with Crippen LogP contribution in [0.4, 0.5) is 4.39 Å². The van der Waals surface area contributed by atoms with Crippen molar-refractivity contribution >= 4 is 0 Å². The Balaban J connectivity index is 1.51. The molecule has 1 heteroatoms. The molecule has 26 heavy (non-hydrogen) atoms. The highest BCUT2D eigenvalue weighted by Crippen LogP contribution is 2.42. The molecule has 2 aliphatic rings. The monoisotopic (exact) mass is 364 g/mol. The average molecular weight is 365 g/mol. The first-order valence-corrected chi connectivity index (χ1v) is 12.1. The summed E-state index contributed by atoms with van der Waals surface area (Å²) >= 11 is 0. The van der Waals surface area contributed by atoms with Crippen LogP contribution in [-0.2, 0) is 0 Å². The third kappa shape index (κ3) is 8.57. The van der Waals surface area contributed by atoms with Crippen LogP contribution in [0.3, 0.4) is 0 Å². The second-order valence-corrected chi connectivity index (χ2v) is 9.27. The second-order valence-electron chi connectivity index (χ2n) is 9.27. The molecule has 0 aromatic heterocycles. The third-order valence-corrected chi connectivity index (χ3v) is 7.27. The normalized spacial score (nSPS) is 30.1. The Morgan fingerprint density at radius 3 is 1.92 bits per heavy atom. The van der Waals surface area contributed by atoms with Crippen LogP contribution in [0.25, 0.3) is 0 Å². The van der Waals surface area contributed by atoms with E-state index >= 15 is 0 Å². The number of hydrogen-bond acceptors (Lipinski definition) is 0. The molecule has 0 unspecified atom stereocenters. The Kier molecular flexibility index (Phi) is 11.6. The smallest absolute Gasteiger partial charge is 0.0928 e. The van der Waals surface area contributed by atoms with Gasteiger partial charge in [0.15, 0.2) is 0 Å². The number of rotatable bonds is 12. The molecular formula is C25H45F.